The normalized spacial score (nSPS) is 16.6. The number of benzene rings is 4. The number of nitro benzene ring substituents is 2. The molecule has 10 nitrogen and oxygen atoms in total. The highest BCUT2D eigenvalue weighted by atomic mass is 16.6. The molecule has 1 aliphatic rings. The third-order valence-corrected chi connectivity index (χ3v) is 6.48. The minimum atomic E-state index is -0.982. The predicted octanol–water partition coefficient (Wildman–Crippen LogP) is 5.11. The molecule has 0 bridgehead atoms. The zero-order chi connectivity index (χ0) is 25.7. The van der Waals surface area contributed by atoms with Crippen LogP contribution < -0.4 is 0 Å². The molecular weight excluding hydrogens is 466 g/mol. The molecule has 1 heterocycles. The van der Waals surface area contributed by atoms with Gasteiger partial charge in [0.25, 0.3) is 11.4 Å². The van der Waals surface area contributed by atoms with Crippen LogP contribution in [0.15, 0.2) is 72.8 Å². The van der Waals surface area contributed by atoms with Gasteiger partial charge in [0.15, 0.2) is 0 Å². The van der Waals surface area contributed by atoms with Gasteiger partial charge in [0.05, 0.1) is 21.9 Å². The van der Waals surface area contributed by atoms with E-state index in [1.807, 2.05) is 0 Å². The average Bonchev–Trinajstić information content (AvgIpc) is 2.86. The van der Waals surface area contributed by atoms with E-state index < -0.39 is 27.8 Å². The molecule has 2 N–H and O–H groups in total. The van der Waals surface area contributed by atoms with Gasteiger partial charge in [0.2, 0.25) is 5.91 Å². The molecule has 0 fully saturated rings. The highest BCUT2D eigenvalue weighted by Crippen LogP contribution is 2.53. The summed E-state index contributed by atoms with van der Waals surface area (Å²) in [6.45, 7) is 1.30. The Balaban J connectivity index is 1.92. The Morgan fingerprint density at radius 2 is 1.22 bits per heavy atom. The molecule has 4 aromatic carbocycles. The molecule has 4 aromatic rings. The van der Waals surface area contributed by atoms with Crippen molar-refractivity contribution in [1.82, 2.24) is 4.90 Å². The minimum Gasteiger partial charge on any atom is -0.508 e. The summed E-state index contributed by atoms with van der Waals surface area (Å²) in [6, 6.07) is 15.8. The minimum absolute atomic E-state index is 0.158. The molecular formula is C26H19N3O7. The first-order valence-electron chi connectivity index (χ1n) is 10.9. The number of nitro groups is 2. The Bertz CT molecular complexity index is 1480. The SMILES string of the molecule is CC(=O)N1C(c2cccc([N+](=O)[O-])c2)c2c(O)ccc3ccc(O)c(c23)C1c1cccc([N+](=O)[O-])c1. The predicted molar refractivity (Wildman–Crippen MR) is 130 cm³/mol. The molecule has 1 aliphatic heterocycles. The lowest BCUT2D eigenvalue weighted by atomic mass is 9.79. The molecule has 2 unspecified atom stereocenters. The van der Waals surface area contributed by atoms with Gasteiger partial charge in [-0.25, -0.2) is 0 Å². The summed E-state index contributed by atoms with van der Waals surface area (Å²) in [4.78, 5) is 36.6. The maximum Gasteiger partial charge on any atom is 0.269 e. The third kappa shape index (κ3) is 3.47. The number of phenolic OH excluding ortho intramolecular Hbond substituents is 2. The van der Waals surface area contributed by atoms with Crippen molar-refractivity contribution >= 4 is 28.1 Å². The summed E-state index contributed by atoms with van der Waals surface area (Å²) in [5.41, 5.74) is 0.942. The topological polar surface area (TPSA) is 147 Å². The smallest absolute Gasteiger partial charge is 0.269 e. The van der Waals surface area contributed by atoms with Crippen LogP contribution in [0.1, 0.15) is 41.3 Å². The molecule has 0 saturated heterocycles. The van der Waals surface area contributed by atoms with Crippen molar-refractivity contribution in [1.29, 1.82) is 0 Å². The van der Waals surface area contributed by atoms with Crippen molar-refractivity contribution in [3.63, 3.8) is 0 Å². The fourth-order valence-corrected chi connectivity index (χ4v) is 5.07. The van der Waals surface area contributed by atoms with Crippen molar-refractivity contribution in [2.75, 3.05) is 0 Å². The summed E-state index contributed by atoms with van der Waals surface area (Å²) < 4.78 is 0. The summed E-state index contributed by atoms with van der Waals surface area (Å²) in [6.07, 6.45) is 0. The first kappa shape index (κ1) is 22.8. The molecule has 0 saturated carbocycles. The molecule has 1 amide bonds. The van der Waals surface area contributed by atoms with Gasteiger partial charge in [-0.05, 0) is 28.6 Å². The van der Waals surface area contributed by atoms with Gasteiger partial charge in [-0.1, -0.05) is 36.4 Å². The lowest BCUT2D eigenvalue weighted by Crippen LogP contribution is -2.40. The molecule has 5 rings (SSSR count). The van der Waals surface area contributed by atoms with Gasteiger partial charge >= 0.3 is 0 Å². The molecule has 10 heteroatoms. The van der Waals surface area contributed by atoms with Crippen LogP contribution in [0.3, 0.4) is 0 Å². The largest absolute Gasteiger partial charge is 0.508 e. The van der Waals surface area contributed by atoms with Crippen LogP contribution >= 0.6 is 0 Å². The van der Waals surface area contributed by atoms with Gasteiger partial charge in [-0.15, -0.1) is 0 Å². The highest BCUT2D eigenvalue weighted by Gasteiger charge is 2.42. The highest BCUT2D eigenvalue weighted by molar-refractivity contribution is 5.96. The summed E-state index contributed by atoms with van der Waals surface area (Å²) in [5, 5.41) is 46.2. The number of nitrogens with zero attached hydrogens (tertiary/aromatic N) is 3. The molecule has 0 aliphatic carbocycles. The number of aromatic hydroxyl groups is 2. The standard InChI is InChI=1S/C26H19N3O7/c1-14(30)27-25(16-4-2-6-18(12-16)28(33)34)23-20(31)10-8-15-9-11-21(32)24(22(15)23)26(27)17-5-3-7-19(13-17)29(35)36/h2-13,25-26,31-32H,1H3. The van der Waals surface area contributed by atoms with Crippen molar-refractivity contribution in [3.05, 3.63) is 115 Å². The van der Waals surface area contributed by atoms with Crippen molar-refractivity contribution in [2.45, 2.75) is 19.0 Å². The zero-order valence-electron chi connectivity index (χ0n) is 18.9. The van der Waals surface area contributed by atoms with E-state index in [1.165, 1.54) is 60.4 Å². The second kappa shape index (κ2) is 8.35. The van der Waals surface area contributed by atoms with Crippen LogP contribution in [-0.2, 0) is 4.79 Å². The van der Waals surface area contributed by atoms with Gasteiger partial charge in [0, 0.05) is 47.7 Å². The van der Waals surface area contributed by atoms with E-state index in [4.69, 9.17) is 0 Å². The monoisotopic (exact) mass is 485 g/mol. The van der Waals surface area contributed by atoms with Crippen LogP contribution in [0.4, 0.5) is 11.4 Å². The van der Waals surface area contributed by atoms with Crippen LogP contribution in [0.25, 0.3) is 10.8 Å². The molecule has 2 atom stereocenters. The number of hydrogen-bond acceptors (Lipinski definition) is 7. The lowest BCUT2D eigenvalue weighted by molar-refractivity contribution is -0.385. The lowest BCUT2D eigenvalue weighted by Gasteiger charge is -2.43. The maximum absolute atomic E-state index is 13.3. The Labute approximate surface area is 203 Å². The number of carbonyl (C=O) groups is 1. The summed E-state index contributed by atoms with van der Waals surface area (Å²) >= 11 is 0. The number of rotatable bonds is 4. The van der Waals surface area contributed by atoms with Crippen LogP contribution in [0, 0.1) is 20.2 Å². The van der Waals surface area contributed by atoms with Gasteiger partial charge < -0.3 is 15.1 Å². The molecule has 0 aromatic heterocycles. The molecule has 180 valence electrons. The number of non-ortho nitro benzene ring substituents is 2. The van der Waals surface area contributed by atoms with Gasteiger partial charge in [-0.2, -0.15) is 0 Å². The molecule has 0 radical (unpaired) electrons. The van der Waals surface area contributed by atoms with Gasteiger partial charge in [-0.3, -0.25) is 25.0 Å². The first-order chi connectivity index (χ1) is 17.2. The third-order valence-electron chi connectivity index (χ3n) is 6.48. The Kier molecular flexibility index (Phi) is 5.28. The fraction of sp³-hybridized carbons (Fsp3) is 0.115. The first-order valence-corrected chi connectivity index (χ1v) is 10.9. The summed E-state index contributed by atoms with van der Waals surface area (Å²) in [7, 11) is 0. The summed E-state index contributed by atoms with van der Waals surface area (Å²) in [5.74, 6) is -0.780. The van der Waals surface area contributed by atoms with Crippen molar-refractivity contribution < 1.29 is 24.9 Å². The fourth-order valence-electron chi connectivity index (χ4n) is 5.07. The van der Waals surface area contributed by atoms with E-state index >= 15 is 0 Å². The van der Waals surface area contributed by atoms with Crippen LogP contribution in [0.5, 0.6) is 11.5 Å². The number of hydrogen-bond donors (Lipinski definition) is 2. The molecule has 36 heavy (non-hydrogen) atoms. The Morgan fingerprint density at radius 3 is 1.61 bits per heavy atom. The van der Waals surface area contributed by atoms with E-state index in [-0.39, 0.29) is 22.9 Å². The van der Waals surface area contributed by atoms with Crippen LogP contribution in [0.2, 0.25) is 0 Å². The molecule has 0 spiro atoms. The van der Waals surface area contributed by atoms with Crippen molar-refractivity contribution in [2.24, 2.45) is 0 Å². The van der Waals surface area contributed by atoms with Crippen LogP contribution in [-0.4, -0.2) is 30.9 Å². The second-order valence-electron chi connectivity index (χ2n) is 8.53. The van der Waals surface area contributed by atoms with E-state index in [0.717, 1.165) is 0 Å². The average molecular weight is 485 g/mol. The number of amides is 1. The maximum atomic E-state index is 13.3. The quantitative estimate of drug-likeness (QED) is 0.302. The van der Waals surface area contributed by atoms with Crippen molar-refractivity contribution in [3.8, 4) is 11.5 Å². The van der Waals surface area contributed by atoms with E-state index in [9.17, 15) is 35.2 Å². The zero-order valence-corrected chi connectivity index (χ0v) is 18.9. The Hall–Kier alpha value is -4.99. The van der Waals surface area contributed by atoms with E-state index in [0.29, 0.717) is 33.0 Å². The van der Waals surface area contributed by atoms with Gasteiger partial charge in [0.1, 0.15) is 11.5 Å². The van der Waals surface area contributed by atoms with E-state index in [1.54, 1.807) is 24.3 Å². The second-order valence-corrected chi connectivity index (χ2v) is 8.53. The number of phenols is 2. The van der Waals surface area contributed by atoms with E-state index in [2.05, 4.69) is 0 Å². The number of carbonyl (C=O) groups excluding carboxylic acids is 1. The Morgan fingerprint density at radius 1 is 0.778 bits per heavy atom.